The standard InChI is InChI=1S/C15H25N3S.HI/c1-12-8-6-7-9-14(12)11-18(4)15(16-3)17-10-13(2)19-5;/h6-9,13H,10-11H2,1-5H3,(H,16,17);1H. The summed E-state index contributed by atoms with van der Waals surface area (Å²) in [5.41, 5.74) is 2.66. The van der Waals surface area contributed by atoms with E-state index in [0.717, 1.165) is 19.0 Å². The molecule has 1 aromatic carbocycles. The van der Waals surface area contributed by atoms with Crippen LogP contribution in [0.3, 0.4) is 0 Å². The zero-order valence-corrected chi connectivity index (χ0v) is 16.2. The van der Waals surface area contributed by atoms with Crippen LogP contribution in [-0.2, 0) is 6.54 Å². The second-order valence-corrected chi connectivity index (χ2v) is 6.03. The summed E-state index contributed by atoms with van der Waals surface area (Å²) in [6.45, 7) is 6.17. The van der Waals surface area contributed by atoms with E-state index in [-0.39, 0.29) is 24.0 Å². The Hall–Kier alpha value is -0.430. The van der Waals surface area contributed by atoms with Crippen LogP contribution >= 0.6 is 35.7 Å². The summed E-state index contributed by atoms with van der Waals surface area (Å²) in [5.74, 6) is 0.948. The first kappa shape index (κ1) is 19.6. The Balaban J connectivity index is 0.00000361. The Morgan fingerprint density at radius 3 is 2.60 bits per heavy atom. The van der Waals surface area contributed by atoms with Gasteiger partial charge in [0.25, 0.3) is 0 Å². The zero-order chi connectivity index (χ0) is 14.3. The van der Waals surface area contributed by atoms with Gasteiger partial charge in [0, 0.05) is 32.4 Å². The molecule has 1 N–H and O–H groups in total. The van der Waals surface area contributed by atoms with E-state index < -0.39 is 0 Å². The minimum absolute atomic E-state index is 0. The van der Waals surface area contributed by atoms with Crippen molar-refractivity contribution in [3.63, 3.8) is 0 Å². The molecule has 114 valence electrons. The average Bonchev–Trinajstić information content (AvgIpc) is 2.41. The van der Waals surface area contributed by atoms with Gasteiger partial charge in [-0.1, -0.05) is 31.2 Å². The molecule has 1 rings (SSSR count). The molecule has 20 heavy (non-hydrogen) atoms. The van der Waals surface area contributed by atoms with Crippen molar-refractivity contribution in [3.8, 4) is 0 Å². The highest BCUT2D eigenvalue weighted by Gasteiger charge is 2.08. The van der Waals surface area contributed by atoms with Gasteiger partial charge >= 0.3 is 0 Å². The Morgan fingerprint density at radius 2 is 2.05 bits per heavy atom. The summed E-state index contributed by atoms with van der Waals surface area (Å²) in [6, 6.07) is 8.48. The van der Waals surface area contributed by atoms with Crippen LogP contribution in [0.4, 0.5) is 0 Å². The van der Waals surface area contributed by atoms with E-state index in [1.54, 1.807) is 0 Å². The van der Waals surface area contributed by atoms with E-state index in [9.17, 15) is 0 Å². The van der Waals surface area contributed by atoms with Crippen LogP contribution in [0.25, 0.3) is 0 Å². The minimum Gasteiger partial charge on any atom is -0.355 e. The predicted molar refractivity (Wildman–Crippen MR) is 102 cm³/mol. The molecular formula is C15H26IN3S. The highest BCUT2D eigenvalue weighted by Crippen LogP contribution is 2.09. The van der Waals surface area contributed by atoms with Crippen molar-refractivity contribution in [3.05, 3.63) is 35.4 Å². The number of aliphatic imine (C=N–C) groups is 1. The monoisotopic (exact) mass is 407 g/mol. The van der Waals surface area contributed by atoms with Crippen LogP contribution in [0.5, 0.6) is 0 Å². The lowest BCUT2D eigenvalue weighted by atomic mass is 10.1. The first-order valence-corrected chi connectivity index (χ1v) is 7.86. The van der Waals surface area contributed by atoms with Gasteiger partial charge in [0.15, 0.2) is 5.96 Å². The largest absolute Gasteiger partial charge is 0.355 e. The number of hydrogen-bond donors (Lipinski definition) is 1. The smallest absolute Gasteiger partial charge is 0.193 e. The summed E-state index contributed by atoms with van der Waals surface area (Å²) in [4.78, 5) is 6.50. The Morgan fingerprint density at radius 1 is 1.40 bits per heavy atom. The van der Waals surface area contributed by atoms with Crippen molar-refractivity contribution < 1.29 is 0 Å². The number of thioether (sulfide) groups is 1. The van der Waals surface area contributed by atoms with E-state index in [1.165, 1.54) is 11.1 Å². The third-order valence-electron chi connectivity index (χ3n) is 3.19. The average molecular weight is 407 g/mol. The Kier molecular flexibility index (Phi) is 10.1. The van der Waals surface area contributed by atoms with Crippen molar-refractivity contribution in [1.29, 1.82) is 0 Å². The van der Waals surface area contributed by atoms with Gasteiger partial charge in [0.1, 0.15) is 0 Å². The number of benzene rings is 1. The summed E-state index contributed by atoms with van der Waals surface area (Å²) in [7, 11) is 3.91. The van der Waals surface area contributed by atoms with Crippen LogP contribution < -0.4 is 5.32 Å². The summed E-state index contributed by atoms with van der Waals surface area (Å²) >= 11 is 1.86. The molecule has 3 nitrogen and oxygen atoms in total. The van der Waals surface area contributed by atoms with E-state index in [2.05, 4.69) is 66.6 Å². The lowest BCUT2D eigenvalue weighted by Crippen LogP contribution is -2.40. The molecule has 0 saturated heterocycles. The fourth-order valence-electron chi connectivity index (χ4n) is 1.82. The van der Waals surface area contributed by atoms with E-state index in [0.29, 0.717) is 5.25 Å². The van der Waals surface area contributed by atoms with E-state index >= 15 is 0 Å². The molecule has 0 aromatic heterocycles. The predicted octanol–water partition coefficient (Wildman–Crippen LogP) is 3.37. The molecule has 0 fully saturated rings. The molecule has 1 atom stereocenters. The normalized spacial score (nSPS) is 12.6. The number of guanidine groups is 1. The van der Waals surface area contributed by atoms with Crippen molar-refractivity contribution in [1.82, 2.24) is 10.2 Å². The van der Waals surface area contributed by atoms with Crippen molar-refractivity contribution >= 4 is 41.7 Å². The fourth-order valence-corrected chi connectivity index (χ4v) is 2.07. The number of aryl methyl sites for hydroxylation is 1. The molecule has 0 spiro atoms. The molecule has 5 heteroatoms. The van der Waals surface area contributed by atoms with Crippen LogP contribution in [0.1, 0.15) is 18.1 Å². The van der Waals surface area contributed by atoms with Crippen LogP contribution in [0.2, 0.25) is 0 Å². The van der Waals surface area contributed by atoms with Gasteiger partial charge in [0.05, 0.1) is 0 Å². The minimum atomic E-state index is 0. The molecule has 0 heterocycles. The SMILES string of the molecule is CN=C(NCC(C)SC)N(C)Cc1ccccc1C.I. The van der Waals surface area contributed by atoms with Crippen LogP contribution in [0.15, 0.2) is 29.3 Å². The summed E-state index contributed by atoms with van der Waals surface area (Å²) < 4.78 is 0. The topological polar surface area (TPSA) is 27.6 Å². The van der Waals surface area contributed by atoms with Crippen molar-refractivity contribution in [2.24, 2.45) is 4.99 Å². The zero-order valence-electron chi connectivity index (χ0n) is 13.0. The number of nitrogens with zero attached hydrogens (tertiary/aromatic N) is 2. The molecule has 0 aliphatic heterocycles. The molecule has 1 aromatic rings. The van der Waals surface area contributed by atoms with Gasteiger partial charge in [-0.3, -0.25) is 4.99 Å². The van der Waals surface area contributed by atoms with Crippen LogP contribution in [-0.4, -0.2) is 43.0 Å². The second kappa shape index (κ2) is 10.3. The number of rotatable bonds is 5. The highest BCUT2D eigenvalue weighted by molar-refractivity contribution is 14.0. The second-order valence-electron chi connectivity index (χ2n) is 4.76. The number of hydrogen-bond acceptors (Lipinski definition) is 2. The molecular weight excluding hydrogens is 381 g/mol. The number of nitrogens with one attached hydrogen (secondary N) is 1. The Bertz CT molecular complexity index is 423. The number of halogens is 1. The van der Waals surface area contributed by atoms with E-state index in [4.69, 9.17) is 0 Å². The molecule has 0 bridgehead atoms. The maximum absolute atomic E-state index is 4.34. The van der Waals surface area contributed by atoms with Gasteiger partial charge < -0.3 is 10.2 Å². The molecule has 1 unspecified atom stereocenters. The van der Waals surface area contributed by atoms with Gasteiger partial charge in [-0.05, 0) is 24.3 Å². The molecule has 0 aliphatic rings. The third kappa shape index (κ3) is 6.35. The molecule has 0 saturated carbocycles. The maximum Gasteiger partial charge on any atom is 0.193 e. The van der Waals surface area contributed by atoms with Crippen LogP contribution in [0, 0.1) is 6.92 Å². The third-order valence-corrected chi connectivity index (χ3v) is 4.16. The lowest BCUT2D eigenvalue weighted by molar-refractivity contribution is 0.476. The lowest BCUT2D eigenvalue weighted by Gasteiger charge is -2.24. The Labute approximate surface area is 144 Å². The first-order chi connectivity index (χ1) is 9.08. The van der Waals surface area contributed by atoms with Gasteiger partial charge in [0.2, 0.25) is 0 Å². The molecule has 0 amide bonds. The molecule has 0 radical (unpaired) electrons. The highest BCUT2D eigenvalue weighted by atomic mass is 127. The summed E-state index contributed by atoms with van der Waals surface area (Å²) in [6.07, 6.45) is 2.13. The van der Waals surface area contributed by atoms with Gasteiger partial charge in [-0.25, -0.2) is 0 Å². The maximum atomic E-state index is 4.34. The molecule has 0 aliphatic carbocycles. The quantitative estimate of drug-likeness (QED) is 0.461. The van der Waals surface area contributed by atoms with E-state index in [1.807, 2.05) is 18.8 Å². The van der Waals surface area contributed by atoms with Crippen molar-refractivity contribution in [2.45, 2.75) is 25.6 Å². The summed E-state index contributed by atoms with van der Waals surface area (Å²) in [5, 5.41) is 4.00. The van der Waals surface area contributed by atoms with Gasteiger partial charge in [-0.15, -0.1) is 24.0 Å². The van der Waals surface area contributed by atoms with Crippen molar-refractivity contribution in [2.75, 3.05) is 26.9 Å². The van der Waals surface area contributed by atoms with Gasteiger partial charge in [-0.2, -0.15) is 11.8 Å². The first-order valence-electron chi connectivity index (χ1n) is 6.57. The fraction of sp³-hybridized carbons (Fsp3) is 0.533.